The molecule has 3 heteroatoms. The lowest BCUT2D eigenvalue weighted by Gasteiger charge is -2.08. The molecule has 0 amide bonds. The average molecular weight is 242 g/mol. The van der Waals surface area contributed by atoms with Crippen LogP contribution in [0, 0.1) is 6.92 Å². The van der Waals surface area contributed by atoms with Crippen molar-refractivity contribution in [2.75, 3.05) is 0 Å². The molecular formula is C15H14O3. The Kier molecular flexibility index (Phi) is 3.42. The summed E-state index contributed by atoms with van der Waals surface area (Å²) in [7, 11) is 0. The van der Waals surface area contributed by atoms with Crippen molar-refractivity contribution in [2.45, 2.75) is 19.8 Å². The van der Waals surface area contributed by atoms with Crippen molar-refractivity contribution < 1.29 is 14.7 Å². The van der Waals surface area contributed by atoms with Gasteiger partial charge in [0.25, 0.3) is 0 Å². The van der Waals surface area contributed by atoms with Gasteiger partial charge in [-0.15, -0.1) is 0 Å². The van der Waals surface area contributed by atoms with Gasteiger partial charge in [0.2, 0.25) is 0 Å². The van der Waals surface area contributed by atoms with Gasteiger partial charge in [-0.1, -0.05) is 36.4 Å². The number of carbonyl (C=O) groups excluding carboxylic acids is 1. The molecule has 0 saturated heterocycles. The van der Waals surface area contributed by atoms with Crippen LogP contribution >= 0.6 is 0 Å². The van der Waals surface area contributed by atoms with Gasteiger partial charge in [-0.25, -0.2) is 0 Å². The minimum Gasteiger partial charge on any atom is -0.481 e. The van der Waals surface area contributed by atoms with E-state index in [9.17, 15) is 9.59 Å². The van der Waals surface area contributed by atoms with E-state index in [4.69, 9.17) is 5.11 Å². The lowest BCUT2D eigenvalue weighted by molar-refractivity contribution is -0.136. The molecule has 0 spiro atoms. The van der Waals surface area contributed by atoms with Gasteiger partial charge in [-0.3, -0.25) is 9.59 Å². The first-order valence-corrected chi connectivity index (χ1v) is 5.83. The average Bonchev–Trinajstić information content (AvgIpc) is 2.36. The van der Waals surface area contributed by atoms with Crippen LogP contribution in [0.3, 0.4) is 0 Å². The van der Waals surface area contributed by atoms with Crippen molar-refractivity contribution in [1.29, 1.82) is 0 Å². The maximum absolute atomic E-state index is 12.1. The summed E-state index contributed by atoms with van der Waals surface area (Å²) in [5.41, 5.74) is 1.54. The van der Waals surface area contributed by atoms with E-state index in [1.165, 1.54) is 0 Å². The van der Waals surface area contributed by atoms with E-state index >= 15 is 0 Å². The molecule has 0 bridgehead atoms. The first kappa shape index (κ1) is 12.3. The lowest BCUT2D eigenvalue weighted by Crippen LogP contribution is -2.06. The highest BCUT2D eigenvalue weighted by molar-refractivity contribution is 6.09. The Hall–Kier alpha value is -2.16. The fraction of sp³-hybridized carbons (Fsp3) is 0.200. The highest BCUT2D eigenvalue weighted by atomic mass is 16.4. The zero-order chi connectivity index (χ0) is 13.1. The third-order valence-corrected chi connectivity index (χ3v) is 2.98. The van der Waals surface area contributed by atoms with Gasteiger partial charge in [-0.2, -0.15) is 0 Å². The number of carbonyl (C=O) groups is 2. The lowest BCUT2D eigenvalue weighted by atomic mass is 9.95. The molecule has 0 atom stereocenters. The molecule has 0 aliphatic heterocycles. The summed E-state index contributed by atoms with van der Waals surface area (Å²) in [6.45, 7) is 1.88. The van der Waals surface area contributed by atoms with Crippen LogP contribution in [-0.4, -0.2) is 16.9 Å². The molecule has 2 rings (SSSR count). The van der Waals surface area contributed by atoms with Crippen LogP contribution in [0.1, 0.15) is 28.8 Å². The smallest absolute Gasteiger partial charge is 0.303 e. The van der Waals surface area contributed by atoms with Gasteiger partial charge in [0.1, 0.15) is 0 Å². The van der Waals surface area contributed by atoms with Crippen LogP contribution in [0.4, 0.5) is 0 Å². The van der Waals surface area contributed by atoms with Gasteiger partial charge in [0, 0.05) is 12.0 Å². The SMILES string of the molecule is Cc1ccc2ccccc2c1C(=O)CCC(=O)O. The molecule has 0 fully saturated rings. The summed E-state index contributed by atoms with van der Waals surface area (Å²) in [6, 6.07) is 11.5. The third-order valence-electron chi connectivity index (χ3n) is 2.98. The van der Waals surface area contributed by atoms with Crippen LogP contribution < -0.4 is 0 Å². The van der Waals surface area contributed by atoms with Gasteiger partial charge < -0.3 is 5.11 Å². The minimum absolute atomic E-state index is 0.0458. The van der Waals surface area contributed by atoms with E-state index < -0.39 is 5.97 Å². The van der Waals surface area contributed by atoms with Gasteiger partial charge in [0.05, 0.1) is 6.42 Å². The van der Waals surface area contributed by atoms with Crippen molar-refractivity contribution in [3.05, 3.63) is 47.5 Å². The Morgan fingerprint density at radius 1 is 1.06 bits per heavy atom. The number of aryl methyl sites for hydroxylation is 1. The molecule has 92 valence electrons. The Balaban J connectivity index is 2.45. The Morgan fingerprint density at radius 3 is 2.50 bits per heavy atom. The Morgan fingerprint density at radius 2 is 1.78 bits per heavy atom. The first-order valence-electron chi connectivity index (χ1n) is 5.83. The molecule has 2 aromatic carbocycles. The quantitative estimate of drug-likeness (QED) is 0.837. The molecule has 0 aromatic heterocycles. The second-order valence-corrected chi connectivity index (χ2v) is 4.30. The number of ketones is 1. The van der Waals surface area contributed by atoms with Crippen LogP contribution in [-0.2, 0) is 4.79 Å². The predicted molar refractivity (Wildman–Crippen MR) is 69.9 cm³/mol. The highest BCUT2D eigenvalue weighted by Gasteiger charge is 2.14. The number of carboxylic acids is 1. The zero-order valence-corrected chi connectivity index (χ0v) is 10.1. The van der Waals surface area contributed by atoms with Crippen LogP contribution in [0.5, 0.6) is 0 Å². The number of carboxylic acid groups (broad SMARTS) is 1. The second-order valence-electron chi connectivity index (χ2n) is 4.30. The van der Waals surface area contributed by atoms with Crippen LogP contribution in [0.25, 0.3) is 10.8 Å². The van der Waals surface area contributed by atoms with E-state index in [0.717, 1.165) is 16.3 Å². The Labute approximate surface area is 105 Å². The van der Waals surface area contributed by atoms with Crippen molar-refractivity contribution >= 4 is 22.5 Å². The van der Waals surface area contributed by atoms with Crippen LogP contribution in [0.2, 0.25) is 0 Å². The molecule has 0 aliphatic carbocycles. The fourth-order valence-electron chi connectivity index (χ4n) is 2.10. The van der Waals surface area contributed by atoms with Gasteiger partial charge >= 0.3 is 5.97 Å². The van der Waals surface area contributed by atoms with Crippen molar-refractivity contribution in [2.24, 2.45) is 0 Å². The molecular weight excluding hydrogens is 228 g/mol. The molecule has 0 unspecified atom stereocenters. The summed E-state index contributed by atoms with van der Waals surface area (Å²) in [4.78, 5) is 22.7. The molecule has 3 nitrogen and oxygen atoms in total. The molecule has 18 heavy (non-hydrogen) atoms. The summed E-state index contributed by atoms with van der Waals surface area (Å²) >= 11 is 0. The monoisotopic (exact) mass is 242 g/mol. The van der Waals surface area contributed by atoms with E-state index in [1.807, 2.05) is 43.3 Å². The maximum atomic E-state index is 12.1. The largest absolute Gasteiger partial charge is 0.481 e. The predicted octanol–water partition coefficient (Wildman–Crippen LogP) is 3.20. The van der Waals surface area contributed by atoms with E-state index in [0.29, 0.717) is 5.56 Å². The standard InChI is InChI=1S/C15H14O3/c1-10-6-7-11-4-2-3-5-12(11)15(10)13(16)8-9-14(17)18/h2-7H,8-9H2,1H3,(H,17,18). The van der Waals surface area contributed by atoms with E-state index in [-0.39, 0.29) is 18.6 Å². The molecule has 0 heterocycles. The molecule has 0 aliphatic rings. The van der Waals surface area contributed by atoms with Gasteiger partial charge in [0.15, 0.2) is 5.78 Å². The minimum atomic E-state index is -0.943. The Bertz CT molecular complexity index is 614. The number of rotatable bonds is 4. The molecule has 0 saturated carbocycles. The molecule has 2 aromatic rings. The number of benzene rings is 2. The third kappa shape index (κ3) is 2.40. The fourth-order valence-corrected chi connectivity index (χ4v) is 2.10. The maximum Gasteiger partial charge on any atom is 0.303 e. The van der Waals surface area contributed by atoms with E-state index in [1.54, 1.807) is 0 Å². The topological polar surface area (TPSA) is 54.4 Å². The number of aliphatic carboxylic acids is 1. The zero-order valence-electron chi connectivity index (χ0n) is 10.1. The van der Waals surface area contributed by atoms with Crippen molar-refractivity contribution in [1.82, 2.24) is 0 Å². The van der Waals surface area contributed by atoms with Crippen molar-refractivity contribution in [3.63, 3.8) is 0 Å². The normalized spacial score (nSPS) is 10.5. The molecule has 1 N–H and O–H groups in total. The van der Waals surface area contributed by atoms with Gasteiger partial charge in [-0.05, 0) is 23.3 Å². The van der Waals surface area contributed by atoms with E-state index in [2.05, 4.69) is 0 Å². The summed E-state index contributed by atoms with van der Waals surface area (Å²) in [5.74, 6) is -1.05. The number of hydrogen-bond acceptors (Lipinski definition) is 2. The summed E-state index contributed by atoms with van der Waals surface area (Å²) in [5, 5.41) is 10.5. The highest BCUT2D eigenvalue weighted by Crippen LogP contribution is 2.23. The summed E-state index contributed by atoms with van der Waals surface area (Å²) < 4.78 is 0. The number of hydrogen-bond donors (Lipinski definition) is 1. The molecule has 0 radical (unpaired) electrons. The number of Topliss-reactive ketones (excluding diaryl/α,β-unsaturated/α-hetero) is 1. The summed E-state index contributed by atoms with van der Waals surface area (Å²) in [6.07, 6.45) is -0.0777. The van der Waals surface area contributed by atoms with Crippen molar-refractivity contribution in [3.8, 4) is 0 Å². The first-order chi connectivity index (χ1) is 8.59. The van der Waals surface area contributed by atoms with Crippen LogP contribution in [0.15, 0.2) is 36.4 Å². The second kappa shape index (κ2) is 5.00. The number of fused-ring (bicyclic) bond motifs is 1.